The molecule has 0 spiro atoms. The average Bonchev–Trinajstić information content (AvgIpc) is 3.31. The first kappa shape index (κ1) is 15.7. The molecule has 0 aliphatic carbocycles. The van der Waals surface area contributed by atoms with Crippen LogP contribution in [0.5, 0.6) is 0 Å². The standard InChI is InChI=1S/C17H17N3O2S2/c18-16-14(17-19-6-9-23-17)15(21)12(24-16)10-11-4-5-13(22-11)20-7-2-1-3-8-20/h4-6,9-10,14,18H,1-3,7-8H2/b12-10-,18-16?/t14-/m0/s1. The van der Waals surface area contributed by atoms with Crippen molar-refractivity contribution in [3.05, 3.63) is 39.4 Å². The molecule has 1 N–H and O–H groups in total. The number of allylic oxidation sites excluding steroid dienone is 1. The van der Waals surface area contributed by atoms with Gasteiger partial charge in [0.05, 0.1) is 9.95 Å². The summed E-state index contributed by atoms with van der Waals surface area (Å²) in [7, 11) is 0. The molecule has 2 aliphatic heterocycles. The summed E-state index contributed by atoms with van der Waals surface area (Å²) in [6.07, 6.45) is 7.09. The van der Waals surface area contributed by atoms with Crippen LogP contribution in [0.25, 0.3) is 6.08 Å². The van der Waals surface area contributed by atoms with E-state index in [1.807, 2.05) is 17.5 Å². The number of ketones is 1. The van der Waals surface area contributed by atoms with E-state index < -0.39 is 5.92 Å². The Balaban J connectivity index is 1.55. The molecule has 0 unspecified atom stereocenters. The normalized spacial score (nSPS) is 23.4. The van der Waals surface area contributed by atoms with E-state index in [1.54, 1.807) is 12.3 Å². The number of aromatic nitrogens is 1. The first-order valence-corrected chi connectivity index (χ1v) is 9.68. The lowest BCUT2D eigenvalue weighted by Crippen LogP contribution is -2.28. The van der Waals surface area contributed by atoms with Crippen LogP contribution in [0.3, 0.4) is 0 Å². The lowest BCUT2D eigenvalue weighted by atomic mass is 10.1. The van der Waals surface area contributed by atoms with Gasteiger partial charge in [0.15, 0.2) is 11.7 Å². The Bertz CT molecular complexity index is 789. The zero-order valence-electron chi connectivity index (χ0n) is 13.0. The number of hydrogen-bond acceptors (Lipinski definition) is 7. The Morgan fingerprint density at radius 1 is 1.29 bits per heavy atom. The zero-order chi connectivity index (χ0) is 16.5. The smallest absolute Gasteiger partial charge is 0.196 e. The summed E-state index contributed by atoms with van der Waals surface area (Å²) in [6.45, 7) is 2.04. The number of furan rings is 1. The Kier molecular flexibility index (Phi) is 4.28. The summed E-state index contributed by atoms with van der Waals surface area (Å²) in [5, 5.41) is 11.0. The number of hydrogen-bond donors (Lipinski definition) is 1. The molecule has 2 aromatic rings. The number of rotatable bonds is 3. The molecule has 4 heterocycles. The molecule has 0 saturated carbocycles. The van der Waals surface area contributed by atoms with Crippen LogP contribution in [0.15, 0.2) is 33.0 Å². The second kappa shape index (κ2) is 6.57. The Hall–Kier alpha value is -1.86. The highest BCUT2D eigenvalue weighted by molar-refractivity contribution is 8.19. The number of carbonyl (C=O) groups is 1. The first-order chi connectivity index (χ1) is 11.7. The van der Waals surface area contributed by atoms with E-state index in [0.29, 0.717) is 20.7 Å². The SMILES string of the molecule is N=C1S/C(=C\c2ccc(N3CCCCC3)o2)C(=O)[C@@H]1c1nccs1. The van der Waals surface area contributed by atoms with E-state index in [0.717, 1.165) is 19.0 Å². The molecule has 124 valence electrons. The highest BCUT2D eigenvalue weighted by atomic mass is 32.2. The lowest BCUT2D eigenvalue weighted by molar-refractivity contribution is -0.114. The maximum atomic E-state index is 12.6. The number of thioether (sulfide) groups is 1. The second-order valence-corrected chi connectivity index (χ2v) is 7.88. The molecular weight excluding hydrogens is 342 g/mol. The second-order valence-electron chi connectivity index (χ2n) is 5.87. The fourth-order valence-corrected chi connectivity index (χ4v) is 4.81. The van der Waals surface area contributed by atoms with Crippen LogP contribution in [0.4, 0.5) is 5.88 Å². The number of nitrogens with one attached hydrogen (secondary N) is 1. The first-order valence-electron chi connectivity index (χ1n) is 7.99. The van der Waals surface area contributed by atoms with Gasteiger partial charge >= 0.3 is 0 Å². The molecule has 7 heteroatoms. The van der Waals surface area contributed by atoms with E-state index in [9.17, 15) is 4.79 Å². The quantitative estimate of drug-likeness (QED) is 0.834. The molecule has 0 bridgehead atoms. The Morgan fingerprint density at radius 2 is 2.12 bits per heavy atom. The molecule has 0 radical (unpaired) electrons. The van der Waals surface area contributed by atoms with Crippen molar-refractivity contribution in [1.29, 1.82) is 5.41 Å². The maximum Gasteiger partial charge on any atom is 0.196 e. The van der Waals surface area contributed by atoms with Crippen molar-refractivity contribution in [3.8, 4) is 0 Å². The van der Waals surface area contributed by atoms with Gasteiger partial charge in [-0.1, -0.05) is 11.8 Å². The van der Waals surface area contributed by atoms with Crippen molar-refractivity contribution < 1.29 is 9.21 Å². The van der Waals surface area contributed by atoms with E-state index >= 15 is 0 Å². The van der Waals surface area contributed by atoms with E-state index in [1.165, 1.54) is 42.4 Å². The number of nitrogens with zero attached hydrogens (tertiary/aromatic N) is 2. The summed E-state index contributed by atoms with van der Waals surface area (Å²) in [6, 6.07) is 3.86. The van der Waals surface area contributed by atoms with Gasteiger partial charge in [-0.05, 0) is 31.4 Å². The number of Topliss-reactive ketones (excluding diaryl/α,β-unsaturated/α-hetero) is 1. The predicted octanol–water partition coefficient (Wildman–Crippen LogP) is 4.14. The minimum absolute atomic E-state index is 0.0594. The van der Waals surface area contributed by atoms with Crippen molar-refractivity contribution in [2.45, 2.75) is 25.2 Å². The van der Waals surface area contributed by atoms with Gasteiger partial charge in [-0.3, -0.25) is 10.2 Å². The predicted molar refractivity (Wildman–Crippen MR) is 97.9 cm³/mol. The van der Waals surface area contributed by atoms with Crippen molar-refractivity contribution in [3.63, 3.8) is 0 Å². The van der Waals surface area contributed by atoms with Crippen LogP contribution < -0.4 is 4.90 Å². The van der Waals surface area contributed by atoms with Crippen molar-refractivity contribution in [2.24, 2.45) is 0 Å². The third-order valence-electron chi connectivity index (χ3n) is 4.24. The van der Waals surface area contributed by atoms with Gasteiger partial charge in [0.1, 0.15) is 16.7 Å². The molecule has 0 aromatic carbocycles. The van der Waals surface area contributed by atoms with Crippen LogP contribution in [0, 0.1) is 5.41 Å². The number of anilines is 1. The van der Waals surface area contributed by atoms with Crippen molar-refractivity contribution in [2.75, 3.05) is 18.0 Å². The minimum Gasteiger partial charge on any atom is -0.441 e. The van der Waals surface area contributed by atoms with Crippen LogP contribution in [0.2, 0.25) is 0 Å². The van der Waals surface area contributed by atoms with Crippen molar-refractivity contribution >= 4 is 45.9 Å². The highest BCUT2D eigenvalue weighted by Crippen LogP contribution is 2.41. The molecule has 2 aromatic heterocycles. The van der Waals surface area contributed by atoms with Gasteiger partial charge in [-0.25, -0.2) is 4.98 Å². The third kappa shape index (κ3) is 2.93. The van der Waals surface area contributed by atoms with Crippen LogP contribution in [0.1, 0.15) is 35.9 Å². The van der Waals surface area contributed by atoms with Gasteiger partial charge in [0, 0.05) is 30.7 Å². The number of carbonyl (C=O) groups excluding carboxylic acids is 1. The minimum atomic E-state index is -0.544. The molecule has 2 fully saturated rings. The van der Waals surface area contributed by atoms with Crippen LogP contribution in [-0.2, 0) is 4.79 Å². The topological polar surface area (TPSA) is 70.2 Å². The fraction of sp³-hybridized carbons (Fsp3) is 0.353. The average molecular weight is 359 g/mol. The number of thiazole rings is 1. The highest BCUT2D eigenvalue weighted by Gasteiger charge is 2.38. The summed E-state index contributed by atoms with van der Waals surface area (Å²) >= 11 is 2.62. The number of piperidine rings is 1. The lowest BCUT2D eigenvalue weighted by Gasteiger charge is -2.25. The van der Waals surface area contributed by atoms with Gasteiger partial charge in [-0.15, -0.1) is 11.3 Å². The molecule has 5 nitrogen and oxygen atoms in total. The van der Waals surface area contributed by atoms with Crippen LogP contribution >= 0.6 is 23.1 Å². The summed E-state index contributed by atoms with van der Waals surface area (Å²) in [4.78, 5) is 19.6. The Morgan fingerprint density at radius 3 is 2.88 bits per heavy atom. The fourth-order valence-electron chi connectivity index (χ4n) is 3.02. The molecule has 1 atom stereocenters. The van der Waals surface area contributed by atoms with Gasteiger partial charge in [0.2, 0.25) is 0 Å². The summed E-state index contributed by atoms with van der Waals surface area (Å²) in [5.41, 5.74) is 0. The molecule has 2 saturated heterocycles. The van der Waals surface area contributed by atoms with Crippen LogP contribution in [-0.4, -0.2) is 28.9 Å². The molecule has 0 amide bonds. The molecule has 2 aliphatic rings. The maximum absolute atomic E-state index is 12.6. The molecule has 4 rings (SSSR count). The summed E-state index contributed by atoms with van der Waals surface area (Å²) in [5.74, 6) is 0.927. The van der Waals surface area contributed by atoms with Gasteiger partial charge < -0.3 is 9.32 Å². The van der Waals surface area contributed by atoms with E-state index in [-0.39, 0.29) is 5.78 Å². The molecular formula is C17H17N3O2S2. The monoisotopic (exact) mass is 359 g/mol. The van der Waals surface area contributed by atoms with Gasteiger partial charge in [-0.2, -0.15) is 0 Å². The van der Waals surface area contributed by atoms with E-state index in [2.05, 4.69) is 9.88 Å². The zero-order valence-corrected chi connectivity index (χ0v) is 14.7. The van der Waals surface area contributed by atoms with E-state index in [4.69, 9.17) is 9.83 Å². The Labute approximate surface area is 148 Å². The third-order valence-corrected chi connectivity index (χ3v) is 6.07. The van der Waals surface area contributed by atoms with Gasteiger partial charge in [0.25, 0.3) is 0 Å². The molecule has 24 heavy (non-hydrogen) atoms. The summed E-state index contributed by atoms with van der Waals surface area (Å²) < 4.78 is 5.90. The largest absolute Gasteiger partial charge is 0.441 e. The van der Waals surface area contributed by atoms with Crippen molar-refractivity contribution in [1.82, 2.24) is 4.98 Å².